The van der Waals surface area contributed by atoms with Crippen molar-refractivity contribution >= 4 is 0 Å². The molecule has 1 radical (unpaired) electrons. The normalized spacial score (nSPS) is 11.6. The predicted molar refractivity (Wildman–Crippen MR) is 113 cm³/mol. The van der Waals surface area contributed by atoms with Crippen molar-refractivity contribution in [1.29, 1.82) is 0 Å². The van der Waals surface area contributed by atoms with Gasteiger partial charge in [0.25, 0.3) is 0 Å². The highest BCUT2D eigenvalue weighted by molar-refractivity contribution is 4.81. The fraction of sp³-hybridized carbons (Fsp3) is 0.875. The van der Waals surface area contributed by atoms with Gasteiger partial charge in [-0.05, 0) is 25.7 Å². The number of hydrogen-bond donors (Lipinski definition) is 0. The van der Waals surface area contributed by atoms with Crippen LogP contribution in [0.1, 0.15) is 135 Å². The first-order valence-corrected chi connectivity index (χ1v) is 11.4. The molecule has 0 aromatic carbocycles. The Balaban J connectivity index is 3.04. The summed E-state index contributed by atoms with van der Waals surface area (Å²) in [6.07, 6.45) is 32.8. The van der Waals surface area contributed by atoms with Gasteiger partial charge in [0.2, 0.25) is 0 Å². The van der Waals surface area contributed by atoms with Crippen LogP contribution in [0.15, 0.2) is 12.2 Å². The standard InChI is InChI=1S/C24H47/c1-3-5-7-9-11-13-15-17-19-21-23-24-22-20-18-16-14-12-10-8-6-4-2/h23-24H,1,3-22H2,2H3. The van der Waals surface area contributed by atoms with E-state index in [1.54, 1.807) is 0 Å². The largest absolute Gasteiger partial charge is 0.0885 e. The SMILES string of the molecule is [CH2]CCCCCCCCCCC=CCCCCCCCCCCC. The molecule has 24 heavy (non-hydrogen) atoms. The van der Waals surface area contributed by atoms with Crippen LogP contribution in [0.3, 0.4) is 0 Å². The topological polar surface area (TPSA) is 0 Å². The Labute approximate surface area is 154 Å². The maximum Gasteiger partial charge on any atom is -0.0351 e. The van der Waals surface area contributed by atoms with E-state index < -0.39 is 0 Å². The fourth-order valence-electron chi connectivity index (χ4n) is 3.31. The summed E-state index contributed by atoms with van der Waals surface area (Å²) in [7, 11) is 0. The molecule has 0 spiro atoms. The van der Waals surface area contributed by atoms with Crippen LogP contribution in [-0.4, -0.2) is 0 Å². The lowest BCUT2D eigenvalue weighted by Crippen LogP contribution is -1.81. The van der Waals surface area contributed by atoms with Crippen molar-refractivity contribution in [3.8, 4) is 0 Å². The Morgan fingerprint density at radius 3 is 1.17 bits per heavy atom. The molecule has 0 aromatic rings. The molecule has 0 aliphatic heterocycles. The predicted octanol–water partition coefficient (Wildman–Crippen LogP) is 9.20. The summed E-state index contributed by atoms with van der Waals surface area (Å²) in [4.78, 5) is 0. The zero-order valence-corrected chi connectivity index (χ0v) is 17.0. The molecule has 0 nitrogen and oxygen atoms in total. The van der Waals surface area contributed by atoms with Crippen LogP contribution in [0, 0.1) is 6.92 Å². The van der Waals surface area contributed by atoms with Gasteiger partial charge >= 0.3 is 0 Å². The van der Waals surface area contributed by atoms with E-state index in [-0.39, 0.29) is 0 Å². The number of unbranched alkanes of at least 4 members (excludes halogenated alkanes) is 18. The van der Waals surface area contributed by atoms with E-state index in [0.717, 1.165) is 6.42 Å². The third kappa shape index (κ3) is 21.7. The first-order chi connectivity index (χ1) is 11.9. The van der Waals surface area contributed by atoms with Crippen LogP contribution in [0.4, 0.5) is 0 Å². The lowest BCUT2D eigenvalue weighted by Gasteiger charge is -2.01. The van der Waals surface area contributed by atoms with Gasteiger partial charge in [-0.3, -0.25) is 0 Å². The minimum atomic E-state index is 1.12. The van der Waals surface area contributed by atoms with Crippen molar-refractivity contribution in [2.45, 2.75) is 135 Å². The molecule has 0 atom stereocenters. The highest BCUT2D eigenvalue weighted by Crippen LogP contribution is 2.12. The molecule has 0 fully saturated rings. The second kappa shape index (κ2) is 22.7. The van der Waals surface area contributed by atoms with Gasteiger partial charge in [0, 0.05) is 0 Å². The summed E-state index contributed by atoms with van der Waals surface area (Å²) in [5, 5.41) is 0. The second-order valence-electron chi connectivity index (χ2n) is 7.56. The maximum absolute atomic E-state index is 3.90. The minimum Gasteiger partial charge on any atom is -0.0885 e. The highest BCUT2D eigenvalue weighted by Gasteiger charge is 1.92. The molecular weight excluding hydrogens is 288 g/mol. The average Bonchev–Trinajstić information content (AvgIpc) is 2.60. The molecule has 143 valence electrons. The van der Waals surface area contributed by atoms with Gasteiger partial charge in [-0.25, -0.2) is 0 Å². The molecule has 0 rings (SSSR count). The summed E-state index contributed by atoms with van der Waals surface area (Å²) < 4.78 is 0. The Morgan fingerprint density at radius 1 is 0.458 bits per heavy atom. The fourth-order valence-corrected chi connectivity index (χ4v) is 3.31. The lowest BCUT2D eigenvalue weighted by atomic mass is 10.1. The third-order valence-electron chi connectivity index (χ3n) is 5.01. The van der Waals surface area contributed by atoms with Crippen LogP contribution in [0.25, 0.3) is 0 Å². The molecule has 0 N–H and O–H groups in total. The van der Waals surface area contributed by atoms with E-state index in [1.807, 2.05) is 0 Å². The smallest absolute Gasteiger partial charge is 0.0351 e. The van der Waals surface area contributed by atoms with Crippen LogP contribution in [-0.2, 0) is 0 Å². The van der Waals surface area contributed by atoms with Crippen LogP contribution in [0.2, 0.25) is 0 Å². The summed E-state index contributed by atoms with van der Waals surface area (Å²) in [6, 6.07) is 0. The molecule has 0 bridgehead atoms. The van der Waals surface area contributed by atoms with Crippen molar-refractivity contribution in [1.82, 2.24) is 0 Å². The number of allylic oxidation sites excluding steroid dienone is 2. The lowest BCUT2D eigenvalue weighted by molar-refractivity contribution is 0.565. The summed E-state index contributed by atoms with van der Waals surface area (Å²) in [5.74, 6) is 0. The summed E-state index contributed by atoms with van der Waals surface area (Å²) in [5.41, 5.74) is 0. The maximum atomic E-state index is 3.90. The monoisotopic (exact) mass is 335 g/mol. The Bertz CT molecular complexity index is 204. The van der Waals surface area contributed by atoms with Gasteiger partial charge in [-0.1, -0.05) is 129 Å². The van der Waals surface area contributed by atoms with E-state index in [0.29, 0.717) is 0 Å². The van der Waals surface area contributed by atoms with E-state index >= 15 is 0 Å². The summed E-state index contributed by atoms with van der Waals surface area (Å²) >= 11 is 0. The zero-order valence-electron chi connectivity index (χ0n) is 17.0. The average molecular weight is 336 g/mol. The molecule has 0 unspecified atom stereocenters. The van der Waals surface area contributed by atoms with Gasteiger partial charge < -0.3 is 0 Å². The summed E-state index contributed by atoms with van der Waals surface area (Å²) in [6.45, 7) is 6.19. The quantitative estimate of drug-likeness (QED) is 0.154. The third-order valence-corrected chi connectivity index (χ3v) is 5.01. The Kier molecular flexibility index (Phi) is 22.5. The molecule has 0 aliphatic carbocycles. The van der Waals surface area contributed by atoms with E-state index in [4.69, 9.17) is 0 Å². The van der Waals surface area contributed by atoms with Gasteiger partial charge in [-0.2, -0.15) is 0 Å². The molecule has 0 aromatic heterocycles. The molecule has 0 amide bonds. The van der Waals surface area contributed by atoms with Crippen LogP contribution >= 0.6 is 0 Å². The van der Waals surface area contributed by atoms with Crippen molar-refractivity contribution in [3.63, 3.8) is 0 Å². The highest BCUT2D eigenvalue weighted by atomic mass is 14.0. The van der Waals surface area contributed by atoms with Crippen molar-refractivity contribution in [3.05, 3.63) is 19.1 Å². The van der Waals surface area contributed by atoms with Gasteiger partial charge in [0.15, 0.2) is 0 Å². The second-order valence-corrected chi connectivity index (χ2v) is 7.56. The van der Waals surface area contributed by atoms with Gasteiger partial charge in [0.1, 0.15) is 0 Å². The van der Waals surface area contributed by atoms with Crippen molar-refractivity contribution in [2.24, 2.45) is 0 Å². The molecule has 0 saturated carbocycles. The van der Waals surface area contributed by atoms with Crippen LogP contribution < -0.4 is 0 Å². The van der Waals surface area contributed by atoms with Crippen molar-refractivity contribution in [2.75, 3.05) is 0 Å². The molecular formula is C24H47. The number of hydrogen-bond acceptors (Lipinski definition) is 0. The number of rotatable bonds is 20. The van der Waals surface area contributed by atoms with Crippen LogP contribution in [0.5, 0.6) is 0 Å². The van der Waals surface area contributed by atoms with E-state index in [2.05, 4.69) is 26.0 Å². The van der Waals surface area contributed by atoms with E-state index in [1.165, 1.54) is 122 Å². The molecule has 0 heterocycles. The first-order valence-electron chi connectivity index (χ1n) is 11.4. The molecule has 0 saturated heterocycles. The Hall–Kier alpha value is -0.260. The van der Waals surface area contributed by atoms with Gasteiger partial charge in [0.05, 0.1) is 0 Å². The Morgan fingerprint density at radius 2 is 0.792 bits per heavy atom. The molecule has 0 aliphatic rings. The first kappa shape index (κ1) is 23.7. The van der Waals surface area contributed by atoms with Gasteiger partial charge in [-0.15, -0.1) is 0 Å². The van der Waals surface area contributed by atoms with E-state index in [9.17, 15) is 0 Å². The minimum absolute atomic E-state index is 1.12. The molecule has 0 heteroatoms. The zero-order chi connectivity index (χ0) is 17.6. The van der Waals surface area contributed by atoms with Crippen molar-refractivity contribution < 1.29 is 0 Å².